The average Bonchev–Trinajstić information content (AvgIpc) is 2.98. The van der Waals surface area contributed by atoms with Crippen molar-refractivity contribution in [1.82, 2.24) is 4.57 Å². The van der Waals surface area contributed by atoms with E-state index in [4.69, 9.17) is 9.47 Å². The highest BCUT2D eigenvalue weighted by molar-refractivity contribution is 6.02. The lowest BCUT2D eigenvalue weighted by atomic mass is 10.1. The molecule has 128 valence electrons. The molecule has 0 aliphatic heterocycles. The van der Waals surface area contributed by atoms with Crippen molar-refractivity contribution in [2.75, 3.05) is 19.1 Å². The number of fused-ring (bicyclic) bond motifs is 1. The second-order valence-corrected chi connectivity index (χ2v) is 5.59. The maximum atomic E-state index is 12.5. The molecule has 3 rings (SSSR count). The first kappa shape index (κ1) is 16.6. The highest BCUT2D eigenvalue weighted by Gasteiger charge is 2.17. The lowest BCUT2D eigenvalue weighted by Gasteiger charge is -2.17. The number of ether oxygens (including phenoxy) is 2. The summed E-state index contributed by atoms with van der Waals surface area (Å²) in [5.41, 5.74) is 1.97. The van der Waals surface area contributed by atoms with E-state index < -0.39 is 6.09 Å². The lowest BCUT2D eigenvalue weighted by Crippen LogP contribution is -2.29. The van der Waals surface area contributed by atoms with Crippen molar-refractivity contribution in [3.05, 3.63) is 54.2 Å². The predicted octanol–water partition coefficient (Wildman–Crippen LogP) is 3.63. The van der Waals surface area contributed by atoms with Crippen molar-refractivity contribution in [3.8, 4) is 11.5 Å². The molecule has 1 heterocycles. The fourth-order valence-corrected chi connectivity index (χ4v) is 2.69. The van der Waals surface area contributed by atoms with Gasteiger partial charge in [0.1, 0.15) is 11.5 Å². The van der Waals surface area contributed by atoms with Gasteiger partial charge in [0.05, 0.1) is 18.0 Å². The van der Waals surface area contributed by atoms with Crippen molar-refractivity contribution in [3.63, 3.8) is 0 Å². The molecule has 0 fully saturated rings. The number of benzene rings is 2. The van der Waals surface area contributed by atoms with Gasteiger partial charge in [0.15, 0.2) is 6.29 Å². The fourth-order valence-electron chi connectivity index (χ4n) is 2.69. The number of amides is 1. The van der Waals surface area contributed by atoms with Crippen molar-refractivity contribution >= 4 is 29.0 Å². The van der Waals surface area contributed by atoms with Crippen LogP contribution in [0.5, 0.6) is 11.5 Å². The summed E-state index contributed by atoms with van der Waals surface area (Å²) in [7, 11) is 5.04. The summed E-state index contributed by atoms with van der Waals surface area (Å²) in [6.07, 6.45) is 1.92. The molecule has 1 amide bonds. The molecule has 1 aromatic heterocycles. The van der Waals surface area contributed by atoms with Gasteiger partial charge in [0.25, 0.3) is 0 Å². The van der Waals surface area contributed by atoms with Crippen LogP contribution in [0.15, 0.2) is 48.7 Å². The SMILES string of the molecule is COc1ccc(N(C)C(=O)Oc2cccc3c2c(C=O)cn3C)cc1. The van der Waals surface area contributed by atoms with Crippen molar-refractivity contribution in [2.45, 2.75) is 0 Å². The third-order valence-electron chi connectivity index (χ3n) is 4.06. The van der Waals surface area contributed by atoms with Crippen molar-refractivity contribution < 1.29 is 19.1 Å². The molecular formula is C19H18N2O4. The molecule has 0 atom stereocenters. The quantitative estimate of drug-likeness (QED) is 0.682. The summed E-state index contributed by atoms with van der Waals surface area (Å²) in [5.74, 6) is 1.06. The van der Waals surface area contributed by atoms with Crippen LogP contribution in [0.25, 0.3) is 10.9 Å². The van der Waals surface area contributed by atoms with Crippen LogP contribution in [0.3, 0.4) is 0 Å². The predicted molar refractivity (Wildman–Crippen MR) is 95.7 cm³/mol. The summed E-state index contributed by atoms with van der Waals surface area (Å²) in [6.45, 7) is 0. The highest BCUT2D eigenvalue weighted by Crippen LogP contribution is 2.30. The zero-order chi connectivity index (χ0) is 18.0. The van der Waals surface area contributed by atoms with Crippen molar-refractivity contribution in [1.29, 1.82) is 0 Å². The number of aryl methyl sites for hydroxylation is 1. The summed E-state index contributed by atoms with van der Waals surface area (Å²) >= 11 is 0. The molecule has 0 aliphatic rings. The number of hydrogen-bond donors (Lipinski definition) is 0. The van der Waals surface area contributed by atoms with Gasteiger partial charge in [0, 0.05) is 31.5 Å². The minimum Gasteiger partial charge on any atom is -0.497 e. The summed E-state index contributed by atoms with van der Waals surface area (Å²) < 4.78 is 12.5. The van der Waals surface area contributed by atoms with Crippen LogP contribution >= 0.6 is 0 Å². The fraction of sp³-hybridized carbons (Fsp3) is 0.158. The van der Waals surface area contributed by atoms with Crippen molar-refractivity contribution in [2.24, 2.45) is 7.05 Å². The largest absolute Gasteiger partial charge is 0.497 e. The third-order valence-corrected chi connectivity index (χ3v) is 4.06. The van der Waals surface area contributed by atoms with Gasteiger partial charge in [-0.2, -0.15) is 0 Å². The molecular weight excluding hydrogens is 320 g/mol. The second-order valence-electron chi connectivity index (χ2n) is 5.59. The number of carbonyl (C=O) groups excluding carboxylic acids is 2. The normalized spacial score (nSPS) is 10.5. The Morgan fingerprint density at radius 1 is 1.16 bits per heavy atom. The number of carbonyl (C=O) groups is 2. The van der Waals surface area contributed by atoms with Crippen LogP contribution in [0, 0.1) is 0 Å². The Morgan fingerprint density at radius 2 is 1.88 bits per heavy atom. The van der Waals surface area contributed by atoms with Gasteiger partial charge < -0.3 is 14.0 Å². The molecule has 0 spiro atoms. The maximum Gasteiger partial charge on any atom is 0.419 e. The molecule has 0 saturated heterocycles. The highest BCUT2D eigenvalue weighted by atomic mass is 16.6. The number of aldehydes is 1. The van der Waals surface area contributed by atoms with Gasteiger partial charge in [-0.05, 0) is 36.4 Å². The molecule has 25 heavy (non-hydrogen) atoms. The first-order valence-electron chi connectivity index (χ1n) is 7.68. The Hall–Kier alpha value is -3.28. The number of hydrogen-bond acceptors (Lipinski definition) is 4. The van der Waals surface area contributed by atoms with Gasteiger partial charge >= 0.3 is 6.09 Å². The number of nitrogens with zero attached hydrogens (tertiary/aromatic N) is 2. The van der Waals surface area contributed by atoms with E-state index in [0.29, 0.717) is 28.1 Å². The average molecular weight is 338 g/mol. The van der Waals surface area contributed by atoms with Crippen LogP contribution in [-0.4, -0.2) is 31.1 Å². The monoisotopic (exact) mass is 338 g/mol. The first-order valence-corrected chi connectivity index (χ1v) is 7.68. The van der Waals surface area contributed by atoms with Gasteiger partial charge in [-0.25, -0.2) is 4.79 Å². The minimum atomic E-state index is -0.543. The van der Waals surface area contributed by atoms with E-state index in [2.05, 4.69) is 0 Å². The smallest absolute Gasteiger partial charge is 0.419 e. The van der Waals surface area contributed by atoms with Crippen LogP contribution in [0.2, 0.25) is 0 Å². The maximum absolute atomic E-state index is 12.5. The van der Waals surface area contributed by atoms with Gasteiger partial charge in [0.2, 0.25) is 0 Å². The van der Waals surface area contributed by atoms with Gasteiger partial charge in [-0.3, -0.25) is 9.69 Å². The molecule has 0 aliphatic carbocycles. The standard InChI is InChI=1S/C19H18N2O4/c1-20-11-13(12-22)18-16(20)5-4-6-17(18)25-19(23)21(2)14-7-9-15(24-3)10-8-14/h4-12H,1-3H3. The molecule has 2 aromatic carbocycles. The molecule has 0 bridgehead atoms. The minimum absolute atomic E-state index is 0.352. The zero-order valence-corrected chi connectivity index (χ0v) is 14.2. The number of anilines is 1. The van der Waals surface area contributed by atoms with E-state index in [1.54, 1.807) is 56.8 Å². The van der Waals surface area contributed by atoms with Crippen LogP contribution in [-0.2, 0) is 7.05 Å². The Labute approximate surface area is 145 Å². The molecule has 0 saturated carbocycles. The van der Waals surface area contributed by atoms with Crippen LogP contribution in [0.1, 0.15) is 10.4 Å². The van der Waals surface area contributed by atoms with E-state index in [1.165, 1.54) is 4.90 Å². The van der Waals surface area contributed by atoms with Crippen LogP contribution < -0.4 is 14.4 Å². The van der Waals surface area contributed by atoms with E-state index >= 15 is 0 Å². The Kier molecular flexibility index (Phi) is 4.43. The number of rotatable bonds is 4. The summed E-state index contributed by atoms with van der Waals surface area (Å²) in [5, 5.41) is 0.622. The number of methoxy groups -OCH3 is 1. The molecule has 0 unspecified atom stereocenters. The molecule has 3 aromatic rings. The Bertz CT molecular complexity index is 928. The lowest BCUT2D eigenvalue weighted by molar-refractivity contribution is 0.112. The van der Waals surface area contributed by atoms with E-state index in [0.717, 1.165) is 11.8 Å². The van der Waals surface area contributed by atoms with E-state index in [1.807, 2.05) is 17.7 Å². The topological polar surface area (TPSA) is 60.8 Å². The van der Waals surface area contributed by atoms with Crippen LogP contribution in [0.4, 0.5) is 10.5 Å². The molecule has 0 N–H and O–H groups in total. The van der Waals surface area contributed by atoms with Gasteiger partial charge in [-0.15, -0.1) is 0 Å². The second kappa shape index (κ2) is 6.68. The van der Waals surface area contributed by atoms with Gasteiger partial charge in [-0.1, -0.05) is 6.07 Å². The first-order chi connectivity index (χ1) is 12.0. The van der Waals surface area contributed by atoms with E-state index in [-0.39, 0.29) is 0 Å². The third kappa shape index (κ3) is 3.06. The Morgan fingerprint density at radius 3 is 2.52 bits per heavy atom. The zero-order valence-electron chi connectivity index (χ0n) is 14.2. The molecule has 0 radical (unpaired) electrons. The molecule has 6 nitrogen and oxygen atoms in total. The summed E-state index contributed by atoms with van der Waals surface area (Å²) in [6, 6.07) is 12.4. The Balaban J connectivity index is 1.89. The van der Waals surface area contributed by atoms with E-state index in [9.17, 15) is 9.59 Å². The number of aromatic nitrogens is 1. The molecule has 6 heteroatoms. The summed E-state index contributed by atoms with van der Waals surface area (Å²) in [4.78, 5) is 25.2.